The molecular formula is C31H30BrClIN3. The largest absolute Gasteiger partial charge is 0.342 e. The van der Waals surface area contributed by atoms with Crippen molar-refractivity contribution < 1.29 is 0 Å². The maximum absolute atomic E-state index is 6.30. The lowest BCUT2D eigenvalue weighted by molar-refractivity contribution is 0.296. The molecule has 1 aromatic heterocycles. The third kappa shape index (κ3) is 7.73. The van der Waals surface area contributed by atoms with Crippen molar-refractivity contribution in [2.24, 2.45) is 0 Å². The molecule has 0 saturated carbocycles. The Hall–Kier alpha value is -2.06. The van der Waals surface area contributed by atoms with Gasteiger partial charge in [0.2, 0.25) is 0 Å². The number of nitrogens with zero attached hydrogens (tertiary/aromatic N) is 3. The molecule has 0 spiro atoms. The molecule has 0 saturated heterocycles. The van der Waals surface area contributed by atoms with E-state index in [2.05, 4.69) is 111 Å². The van der Waals surface area contributed by atoms with Gasteiger partial charge in [0.05, 0.1) is 14.8 Å². The molecule has 2 heterocycles. The van der Waals surface area contributed by atoms with Crippen molar-refractivity contribution in [1.82, 2.24) is 14.8 Å². The second-order valence-electron chi connectivity index (χ2n) is 9.21. The summed E-state index contributed by atoms with van der Waals surface area (Å²) in [4.78, 5) is 10.1. The van der Waals surface area contributed by atoms with E-state index in [0.717, 1.165) is 59.7 Å². The highest BCUT2D eigenvalue weighted by Crippen LogP contribution is 2.21. The van der Waals surface area contributed by atoms with Gasteiger partial charge in [-0.2, -0.15) is 0 Å². The number of pyridine rings is 1. The van der Waals surface area contributed by atoms with Gasteiger partial charge >= 0.3 is 0 Å². The number of aromatic nitrogens is 1. The molecule has 0 aliphatic carbocycles. The fourth-order valence-electron chi connectivity index (χ4n) is 4.45. The monoisotopic (exact) mass is 685 g/mol. The van der Waals surface area contributed by atoms with E-state index >= 15 is 0 Å². The molecule has 0 amide bonds. The minimum Gasteiger partial charge on any atom is -0.342 e. The molecule has 0 atom stereocenters. The average Bonchev–Trinajstić information content (AvgIpc) is 3.13. The Kier molecular flexibility index (Phi) is 9.43. The first-order valence-electron chi connectivity index (χ1n) is 12.6. The van der Waals surface area contributed by atoms with Gasteiger partial charge in [0.25, 0.3) is 0 Å². The van der Waals surface area contributed by atoms with Crippen LogP contribution in [-0.2, 0) is 19.5 Å². The number of halogens is 3. The molecular weight excluding hydrogens is 657 g/mol. The summed E-state index contributed by atoms with van der Waals surface area (Å²) in [6.07, 6.45) is 6.79. The summed E-state index contributed by atoms with van der Waals surface area (Å²) in [5.74, 6) is 0. The van der Waals surface area contributed by atoms with Crippen LogP contribution >= 0.6 is 48.3 Å². The van der Waals surface area contributed by atoms with Gasteiger partial charge in [-0.05, 0) is 64.8 Å². The molecule has 3 aromatic carbocycles. The molecule has 1 aliphatic rings. The van der Waals surface area contributed by atoms with Crippen LogP contribution in [0.3, 0.4) is 0 Å². The first-order chi connectivity index (χ1) is 18.1. The van der Waals surface area contributed by atoms with Crippen molar-refractivity contribution in [3.05, 3.63) is 124 Å². The Morgan fingerprint density at radius 1 is 0.919 bits per heavy atom. The molecule has 1 aliphatic heterocycles. The third-order valence-corrected chi connectivity index (χ3v) is 10.2. The molecule has 0 bridgehead atoms. The van der Waals surface area contributed by atoms with Crippen LogP contribution in [-0.4, -0.2) is 35.9 Å². The van der Waals surface area contributed by atoms with Gasteiger partial charge in [-0.1, -0.05) is 103 Å². The van der Waals surface area contributed by atoms with Crippen LogP contribution in [0.2, 0.25) is 5.02 Å². The molecule has 6 heteroatoms. The van der Waals surface area contributed by atoms with Crippen LogP contribution in [0.5, 0.6) is 0 Å². The Morgan fingerprint density at radius 2 is 1.78 bits per heavy atom. The van der Waals surface area contributed by atoms with E-state index in [0.29, 0.717) is 0 Å². The number of para-hydroxylation sites is 1. The summed E-state index contributed by atoms with van der Waals surface area (Å²) in [6.45, 7) is 3.64. The highest BCUT2D eigenvalue weighted by atomic mass is 127. The zero-order valence-corrected chi connectivity index (χ0v) is 25.2. The van der Waals surface area contributed by atoms with Gasteiger partial charge in [0, 0.05) is 47.3 Å². The topological polar surface area (TPSA) is 19.4 Å². The lowest BCUT2D eigenvalue weighted by Crippen LogP contribution is -2.37. The minimum absolute atomic E-state index is 0.0559. The summed E-state index contributed by atoms with van der Waals surface area (Å²) >= 11 is 9.81. The first kappa shape index (κ1) is 26.5. The van der Waals surface area contributed by atoms with Crippen molar-refractivity contribution in [3.63, 3.8) is 0 Å². The maximum Gasteiger partial charge on any atom is 0.0705 e. The Morgan fingerprint density at radius 3 is 2.65 bits per heavy atom. The van der Waals surface area contributed by atoms with E-state index in [1.807, 2.05) is 12.1 Å². The Balaban J connectivity index is 1.37. The van der Waals surface area contributed by atoms with Crippen molar-refractivity contribution in [1.29, 1.82) is 0 Å². The number of fused-ring (bicyclic) bond motifs is 1. The summed E-state index contributed by atoms with van der Waals surface area (Å²) < 4.78 is 3.96. The molecule has 190 valence electrons. The number of benzene rings is 3. The van der Waals surface area contributed by atoms with Crippen LogP contribution in [0, 0.1) is 0 Å². The van der Waals surface area contributed by atoms with E-state index in [4.69, 9.17) is 16.6 Å². The van der Waals surface area contributed by atoms with Gasteiger partial charge in [-0.15, -0.1) is 0 Å². The summed E-state index contributed by atoms with van der Waals surface area (Å²) in [6, 6.07) is 29.7. The number of allylic oxidation sites excluding steroid dienone is 1. The quantitative estimate of drug-likeness (QED) is 0.131. The third-order valence-electron chi connectivity index (χ3n) is 6.39. The molecule has 37 heavy (non-hydrogen) atoms. The number of hydrogen-bond acceptors (Lipinski definition) is 3. The first-order valence-corrected chi connectivity index (χ1v) is 16.3. The van der Waals surface area contributed by atoms with Crippen LogP contribution in [0.4, 0.5) is 0 Å². The average molecular weight is 687 g/mol. The van der Waals surface area contributed by atoms with Gasteiger partial charge in [0.1, 0.15) is 0 Å². The maximum atomic E-state index is 6.30. The highest BCUT2D eigenvalue weighted by Gasteiger charge is 2.17. The molecule has 0 N–H and O–H groups in total. The summed E-state index contributed by atoms with van der Waals surface area (Å²) in [5.41, 5.74) is 4.79. The molecule has 0 fully saturated rings. The van der Waals surface area contributed by atoms with Crippen LogP contribution < -0.4 is 0 Å². The van der Waals surface area contributed by atoms with Gasteiger partial charge < -0.3 is 4.90 Å². The SMILES string of the molecule is Clc1cccc(CN2C=CCCI=C2CN(CCc2ccc(Br)cc2)Cc2ccc3ccccc3n2)c1. The number of hydrogen-bond donors (Lipinski definition) is 0. The summed E-state index contributed by atoms with van der Waals surface area (Å²) in [7, 11) is 0. The van der Waals surface area contributed by atoms with E-state index in [-0.39, 0.29) is 20.7 Å². The van der Waals surface area contributed by atoms with Crippen LogP contribution in [0.1, 0.15) is 23.2 Å². The lowest BCUT2D eigenvalue weighted by atomic mass is 10.1. The molecule has 5 rings (SSSR count). The van der Waals surface area contributed by atoms with Crippen molar-refractivity contribution in [2.45, 2.75) is 25.9 Å². The highest BCUT2D eigenvalue weighted by molar-refractivity contribution is 14.2. The Bertz CT molecular complexity index is 1400. The van der Waals surface area contributed by atoms with E-state index in [1.165, 1.54) is 20.9 Å². The van der Waals surface area contributed by atoms with Gasteiger partial charge in [0.15, 0.2) is 0 Å². The zero-order valence-electron chi connectivity index (χ0n) is 20.7. The summed E-state index contributed by atoms with van der Waals surface area (Å²) in [5, 5.41) is 1.99. The van der Waals surface area contributed by atoms with Crippen LogP contribution in [0.25, 0.3) is 10.9 Å². The molecule has 3 nitrogen and oxygen atoms in total. The van der Waals surface area contributed by atoms with Crippen molar-refractivity contribution in [2.75, 3.05) is 17.5 Å². The second-order valence-corrected chi connectivity index (χ2v) is 13.7. The van der Waals surface area contributed by atoms with E-state index in [1.54, 1.807) is 3.63 Å². The van der Waals surface area contributed by atoms with Crippen molar-refractivity contribution in [3.8, 4) is 0 Å². The second kappa shape index (κ2) is 13.1. The Labute approximate surface area is 243 Å². The zero-order chi connectivity index (χ0) is 25.5. The van der Waals surface area contributed by atoms with Gasteiger partial charge in [-0.3, -0.25) is 9.88 Å². The normalized spacial score (nSPS) is 13.9. The standard InChI is InChI=1S/C31H30BrClIN3/c32-27-13-10-24(11-14-27)16-19-36(22-29-15-12-26-7-1-2-9-30(26)35-29)23-31-34-17-3-4-18-37(31)21-25-6-5-8-28(33)20-25/h1-2,4-15,18,20H,3,16-17,19,21-23H2. The van der Waals surface area contributed by atoms with Crippen molar-refractivity contribution >= 4 is 62.8 Å². The van der Waals surface area contributed by atoms with Crippen LogP contribution in [0.15, 0.2) is 102 Å². The molecule has 4 aromatic rings. The minimum atomic E-state index is -0.0559. The van der Waals surface area contributed by atoms with E-state index in [9.17, 15) is 0 Å². The smallest absolute Gasteiger partial charge is 0.0705 e. The fourth-order valence-corrected chi connectivity index (χ4v) is 7.72. The number of alkyl halides is 1. The lowest BCUT2D eigenvalue weighted by Gasteiger charge is -2.29. The number of rotatable bonds is 9. The molecule has 0 radical (unpaired) electrons. The van der Waals surface area contributed by atoms with Gasteiger partial charge in [-0.25, -0.2) is 0 Å². The van der Waals surface area contributed by atoms with E-state index < -0.39 is 0 Å². The fraction of sp³-hybridized carbons (Fsp3) is 0.226. The predicted octanol–water partition coefficient (Wildman–Crippen LogP) is 8.22. The molecule has 0 unspecified atom stereocenters. The predicted molar refractivity (Wildman–Crippen MR) is 170 cm³/mol.